The van der Waals surface area contributed by atoms with E-state index in [1.54, 1.807) is 19.2 Å². The van der Waals surface area contributed by atoms with Gasteiger partial charge in [-0.2, -0.15) is 0 Å². The normalized spacial score (nSPS) is 16.9. The Kier molecular flexibility index (Phi) is 5.46. The van der Waals surface area contributed by atoms with Crippen molar-refractivity contribution in [1.29, 1.82) is 0 Å². The quantitative estimate of drug-likeness (QED) is 0.638. The summed E-state index contributed by atoms with van der Waals surface area (Å²) in [6, 6.07) is 5.32. The zero-order chi connectivity index (χ0) is 20.5. The molecule has 1 aliphatic heterocycles. The summed E-state index contributed by atoms with van der Waals surface area (Å²) in [6.07, 6.45) is 5.82. The molecule has 1 N–H and O–H groups in total. The largest absolute Gasteiger partial charge is 0.492 e. The summed E-state index contributed by atoms with van der Waals surface area (Å²) in [5, 5.41) is 1.85. The maximum absolute atomic E-state index is 12.7. The van der Waals surface area contributed by atoms with Gasteiger partial charge in [-0.15, -0.1) is 11.3 Å². The molecule has 9 heteroatoms. The first kappa shape index (κ1) is 20.1. The van der Waals surface area contributed by atoms with Gasteiger partial charge in [0.15, 0.2) is 11.5 Å². The molecule has 0 radical (unpaired) electrons. The molecule has 0 unspecified atom stereocenters. The molecule has 0 spiro atoms. The summed E-state index contributed by atoms with van der Waals surface area (Å²) < 4.78 is 50.4. The number of rotatable bonds is 9. The molecule has 0 saturated heterocycles. The van der Waals surface area contributed by atoms with E-state index in [0.717, 1.165) is 17.7 Å². The Bertz CT molecular complexity index is 1010. The number of sulfonamides is 1. The lowest BCUT2D eigenvalue weighted by Gasteiger charge is -2.15. The fourth-order valence-corrected chi connectivity index (χ4v) is 5.53. The molecular formula is C20H23NO6S2. The van der Waals surface area contributed by atoms with Gasteiger partial charge < -0.3 is 18.9 Å². The topological polar surface area (TPSA) is 83.1 Å². The molecule has 1 aromatic carbocycles. The maximum Gasteiger partial charge on any atom is 0.237 e. The highest BCUT2D eigenvalue weighted by atomic mass is 32.2. The van der Waals surface area contributed by atoms with E-state index in [4.69, 9.17) is 18.9 Å². The Balaban J connectivity index is 1.67. The number of anilines is 1. The third-order valence-corrected chi connectivity index (χ3v) is 7.03. The first-order valence-corrected chi connectivity index (χ1v) is 11.8. The van der Waals surface area contributed by atoms with Crippen LogP contribution in [0.4, 0.5) is 5.69 Å². The van der Waals surface area contributed by atoms with Gasteiger partial charge in [0.1, 0.15) is 5.75 Å². The number of hydrogen-bond acceptors (Lipinski definition) is 7. The van der Waals surface area contributed by atoms with E-state index < -0.39 is 10.0 Å². The predicted molar refractivity (Wildman–Crippen MR) is 112 cm³/mol. The molecule has 1 saturated carbocycles. The van der Waals surface area contributed by atoms with Crippen LogP contribution >= 0.6 is 11.3 Å². The molecule has 2 aromatic rings. The van der Waals surface area contributed by atoms with Crippen LogP contribution < -0.4 is 18.9 Å². The number of benzene rings is 1. The summed E-state index contributed by atoms with van der Waals surface area (Å²) in [6.45, 7) is 2.60. The third-order valence-electron chi connectivity index (χ3n) is 4.75. The zero-order valence-corrected chi connectivity index (χ0v) is 17.9. The van der Waals surface area contributed by atoms with Crippen molar-refractivity contribution in [2.45, 2.75) is 31.1 Å². The van der Waals surface area contributed by atoms with Gasteiger partial charge in [-0.3, -0.25) is 4.72 Å². The van der Waals surface area contributed by atoms with Crippen molar-refractivity contribution in [2.75, 3.05) is 25.2 Å². The molecule has 0 atom stereocenters. The van der Waals surface area contributed by atoms with Gasteiger partial charge >= 0.3 is 0 Å². The van der Waals surface area contributed by atoms with Crippen molar-refractivity contribution < 1.29 is 27.4 Å². The second kappa shape index (κ2) is 7.89. The monoisotopic (exact) mass is 437 g/mol. The second-order valence-electron chi connectivity index (χ2n) is 6.88. The van der Waals surface area contributed by atoms with Crippen LogP contribution in [-0.4, -0.2) is 34.5 Å². The molecule has 4 rings (SSSR count). The molecule has 29 heavy (non-hydrogen) atoms. The van der Waals surface area contributed by atoms with E-state index in [-0.39, 0.29) is 18.1 Å². The number of ether oxygens (including phenoxy) is 4. The van der Waals surface area contributed by atoms with Crippen LogP contribution in [0.2, 0.25) is 0 Å². The first-order chi connectivity index (χ1) is 14.0. The van der Waals surface area contributed by atoms with Crippen LogP contribution in [-0.2, 0) is 20.5 Å². The number of methoxy groups -OCH3 is 1. The lowest BCUT2D eigenvalue weighted by Crippen LogP contribution is -2.15. The van der Waals surface area contributed by atoms with Crippen LogP contribution in [0, 0.1) is 0 Å². The minimum atomic E-state index is -3.62. The van der Waals surface area contributed by atoms with Crippen molar-refractivity contribution in [3.05, 3.63) is 40.1 Å². The van der Waals surface area contributed by atoms with Gasteiger partial charge in [0.25, 0.3) is 0 Å². The van der Waals surface area contributed by atoms with Crippen molar-refractivity contribution in [3.63, 3.8) is 0 Å². The zero-order valence-electron chi connectivity index (χ0n) is 16.3. The number of fused-ring (bicyclic) bond motifs is 1. The summed E-state index contributed by atoms with van der Waals surface area (Å²) >= 11 is 1.40. The van der Waals surface area contributed by atoms with E-state index in [2.05, 4.69) is 4.72 Å². The van der Waals surface area contributed by atoms with E-state index in [9.17, 15) is 8.42 Å². The van der Waals surface area contributed by atoms with Gasteiger partial charge in [0.05, 0.1) is 18.4 Å². The summed E-state index contributed by atoms with van der Waals surface area (Å²) in [5.41, 5.74) is 0.780. The van der Waals surface area contributed by atoms with E-state index in [1.165, 1.54) is 11.3 Å². The lowest BCUT2D eigenvalue weighted by atomic mass is 10.1. The van der Waals surface area contributed by atoms with Crippen molar-refractivity contribution >= 4 is 33.1 Å². The van der Waals surface area contributed by atoms with Crippen molar-refractivity contribution in [1.82, 2.24) is 0 Å². The molecular weight excluding hydrogens is 414 g/mol. The molecule has 0 amide bonds. The van der Waals surface area contributed by atoms with Gasteiger partial charge in [0.2, 0.25) is 22.6 Å². The van der Waals surface area contributed by atoms with Crippen LogP contribution in [0.15, 0.2) is 29.7 Å². The van der Waals surface area contributed by atoms with Gasteiger partial charge in [-0.05, 0) is 37.3 Å². The average molecular weight is 438 g/mol. The minimum Gasteiger partial charge on any atom is -0.492 e. The predicted octanol–water partition coefficient (Wildman–Crippen LogP) is 4.01. The fraction of sp³-hybridized carbons (Fsp3) is 0.400. The highest BCUT2D eigenvalue weighted by molar-refractivity contribution is 7.92. The molecule has 0 bridgehead atoms. The van der Waals surface area contributed by atoms with Crippen LogP contribution in [0.3, 0.4) is 0 Å². The summed E-state index contributed by atoms with van der Waals surface area (Å²) in [7, 11) is -2.07. The van der Waals surface area contributed by atoms with Crippen molar-refractivity contribution in [3.8, 4) is 17.2 Å². The molecule has 156 valence electrons. The highest BCUT2D eigenvalue weighted by Gasteiger charge is 2.41. The smallest absolute Gasteiger partial charge is 0.237 e. The average Bonchev–Trinajstić information content (AvgIpc) is 3.07. The fourth-order valence-electron chi connectivity index (χ4n) is 3.27. The Morgan fingerprint density at radius 3 is 2.76 bits per heavy atom. The van der Waals surface area contributed by atoms with Crippen LogP contribution in [0.1, 0.15) is 30.2 Å². The van der Waals surface area contributed by atoms with E-state index >= 15 is 0 Å². The van der Waals surface area contributed by atoms with Crippen LogP contribution in [0.5, 0.6) is 17.2 Å². The molecule has 1 aliphatic carbocycles. The number of hydrogen-bond donors (Lipinski definition) is 1. The lowest BCUT2D eigenvalue weighted by molar-refractivity contribution is 0.0783. The standard InChI is InChI=1S/C20H23NO6S2/c1-3-27-20(8-9-20)7-6-14-11-16(18-19(17(14)24-2)26-13-25-18)21-29(22,23)12-15-5-4-10-28-15/h4-7,10-11,21H,3,8-9,12-13H2,1-2H3/b7-6+. The Morgan fingerprint density at radius 2 is 2.10 bits per heavy atom. The first-order valence-electron chi connectivity index (χ1n) is 9.32. The van der Waals surface area contributed by atoms with Crippen LogP contribution in [0.25, 0.3) is 6.08 Å². The number of thiophene rings is 1. The van der Waals surface area contributed by atoms with Crippen molar-refractivity contribution in [2.24, 2.45) is 0 Å². The van der Waals surface area contributed by atoms with Gasteiger partial charge in [-0.1, -0.05) is 18.2 Å². The third kappa shape index (κ3) is 4.36. The Labute approximate surface area is 174 Å². The molecule has 2 aliphatic rings. The maximum atomic E-state index is 12.7. The van der Waals surface area contributed by atoms with E-state index in [0.29, 0.717) is 35.1 Å². The second-order valence-corrected chi connectivity index (χ2v) is 9.64. The molecule has 2 heterocycles. The minimum absolute atomic E-state index is 0.00139. The summed E-state index contributed by atoms with van der Waals surface area (Å²) in [5.74, 6) is 1.12. The summed E-state index contributed by atoms with van der Waals surface area (Å²) in [4.78, 5) is 0.757. The number of nitrogens with one attached hydrogen (secondary N) is 1. The Morgan fingerprint density at radius 1 is 1.31 bits per heavy atom. The highest BCUT2D eigenvalue weighted by Crippen LogP contribution is 2.50. The molecule has 1 fully saturated rings. The molecule has 1 aromatic heterocycles. The van der Waals surface area contributed by atoms with Gasteiger partial charge in [-0.25, -0.2) is 8.42 Å². The van der Waals surface area contributed by atoms with Gasteiger partial charge in [0, 0.05) is 17.0 Å². The molecule has 7 nitrogen and oxygen atoms in total. The SMILES string of the molecule is CCOC1(/C=C/c2cc(NS(=O)(=O)Cc3cccs3)c3c(c2OC)OCO3)CC1. The van der Waals surface area contributed by atoms with E-state index in [1.807, 2.05) is 30.5 Å². The Hall–Kier alpha value is -2.23.